The number of nitrogens with zero attached hydrogens (tertiary/aromatic N) is 2. The van der Waals surface area contributed by atoms with Gasteiger partial charge in [-0.3, -0.25) is 9.69 Å². The van der Waals surface area contributed by atoms with Crippen LogP contribution in [0.15, 0.2) is 53.4 Å². The predicted molar refractivity (Wildman–Crippen MR) is 129 cm³/mol. The molecule has 6 heteroatoms. The topological polar surface area (TPSA) is 56.1 Å². The number of amides is 1. The second kappa shape index (κ2) is 9.69. The zero-order chi connectivity index (χ0) is 21.8. The summed E-state index contributed by atoms with van der Waals surface area (Å²) in [6, 6.07) is 19.0. The van der Waals surface area contributed by atoms with E-state index >= 15 is 0 Å². The van der Waals surface area contributed by atoms with E-state index in [9.17, 15) is 10.1 Å². The molecule has 1 aromatic heterocycles. The summed E-state index contributed by atoms with van der Waals surface area (Å²) in [5.41, 5.74) is 5.29. The highest BCUT2D eigenvalue weighted by Crippen LogP contribution is 2.37. The molecule has 2 heterocycles. The number of carbonyl (C=O) groups is 1. The van der Waals surface area contributed by atoms with E-state index in [0.29, 0.717) is 17.0 Å². The third-order valence-electron chi connectivity index (χ3n) is 5.51. The Hall–Kier alpha value is -2.59. The van der Waals surface area contributed by atoms with Crippen molar-refractivity contribution in [2.45, 2.75) is 37.8 Å². The maximum absolute atomic E-state index is 12.6. The number of nitrogens with one attached hydrogen (secondary N) is 1. The minimum atomic E-state index is -0.0800. The summed E-state index contributed by atoms with van der Waals surface area (Å²) in [4.78, 5) is 17.4. The molecule has 158 valence electrons. The molecule has 0 radical (unpaired) electrons. The SMILES string of the molecule is CSc1ccc(CC(=O)Nc2sc3c(c2C#N)CCN(Cc2cccc(C)c2)C3)cc1. The highest BCUT2D eigenvalue weighted by atomic mass is 32.2. The number of thiophene rings is 1. The summed E-state index contributed by atoms with van der Waals surface area (Å²) in [5.74, 6) is -0.0800. The summed E-state index contributed by atoms with van der Waals surface area (Å²) < 4.78 is 0. The van der Waals surface area contributed by atoms with E-state index in [1.807, 2.05) is 30.5 Å². The van der Waals surface area contributed by atoms with Crippen LogP contribution in [0, 0.1) is 18.3 Å². The van der Waals surface area contributed by atoms with E-state index in [2.05, 4.69) is 47.5 Å². The average molecular weight is 448 g/mol. The van der Waals surface area contributed by atoms with Crippen molar-refractivity contribution in [1.29, 1.82) is 5.26 Å². The van der Waals surface area contributed by atoms with Gasteiger partial charge in [-0.05, 0) is 48.4 Å². The summed E-state index contributed by atoms with van der Waals surface area (Å²) in [6.07, 6.45) is 3.18. The minimum Gasteiger partial charge on any atom is -0.316 e. The lowest BCUT2D eigenvalue weighted by atomic mass is 10.0. The molecule has 2 aromatic carbocycles. The van der Waals surface area contributed by atoms with Gasteiger partial charge in [0.25, 0.3) is 0 Å². The van der Waals surface area contributed by atoms with E-state index in [4.69, 9.17) is 0 Å². The fourth-order valence-corrected chi connectivity index (χ4v) is 5.63. The van der Waals surface area contributed by atoms with Gasteiger partial charge in [-0.1, -0.05) is 42.0 Å². The Morgan fingerprint density at radius 2 is 2.03 bits per heavy atom. The smallest absolute Gasteiger partial charge is 0.229 e. The number of rotatable bonds is 6. The zero-order valence-corrected chi connectivity index (χ0v) is 19.4. The second-order valence-corrected chi connectivity index (χ2v) is 9.83. The fourth-order valence-electron chi connectivity index (χ4n) is 3.97. The predicted octanol–water partition coefficient (Wildman–Crippen LogP) is 5.39. The molecule has 31 heavy (non-hydrogen) atoms. The van der Waals surface area contributed by atoms with Gasteiger partial charge in [0.05, 0.1) is 12.0 Å². The summed E-state index contributed by atoms with van der Waals surface area (Å²) in [5, 5.41) is 13.4. The van der Waals surface area contributed by atoms with Crippen molar-refractivity contribution in [3.8, 4) is 6.07 Å². The Kier molecular flexibility index (Phi) is 6.77. The standard InChI is InChI=1S/C25H25N3OS2/c1-17-4-3-5-19(12-17)15-28-11-10-21-22(14-26)25(31-23(21)16-28)27-24(29)13-18-6-8-20(30-2)9-7-18/h3-9,12H,10-11,13,15-16H2,1-2H3,(H,27,29). The van der Waals surface area contributed by atoms with E-state index in [1.165, 1.54) is 20.9 Å². The molecule has 0 unspecified atom stereocenters. The monoisotopic (exact) mass is 447 g/mol. The fraction of sp³-hybridized carbons (Fsp3) is 0.280. The van der Waals surface area contributed by atoms with Crippen LogP contribution in [0.2, 0.25) is 0 Å². The van der Waals surface area contributed by atoms with Crippen LogP contribution in [-0.2, 0) is 30.7 Å². The average Bonchev–Trinajstić information content (AvgIpc) is 3.10. The van der Waals surface area contributed by atoms with Gasteiger partial charge in [0, 0.05) is 29.4 Å². The van der Waals surface area contributed by atoms with Crippen LogP contribution in [0.1, 0.15) is 32.7 Å². The van der Waals surface area contributed by atoms with Crippen LogP contribution >= 0.6 is 23.1 Å². The third-order valence-corrected chi connectivity index (χ3v) is 7.39. The lowest BCUT2D eigenvalue weighted by Gasteiger charge is -2.26. The molecule has 1 aliphatic heterocycles. The molecule has 1 N–H and O–H groups in total. The lowest BCUT2D eigenvalue weighted by Crippen LogP contribution is -2.29. The van der Waals surface area contributed by atoms with E-state index < -0.39 is 0 Å². The van der Waals surface area contributed by atoms with Crippen molar-refractivity contribution in [1.82, 2.24) is 4.90 Å². The van der Waals surface area contributed by atoms with Gasteiger partial charge >= 0.3 is 0 Å². The molecular weight excluding hydrogens is 422 g/mol. The zero-order valence-electron chi connectivity index (χ0n) is 17.8. The Morgan fingerprint density at radius 3 is 2.74 bits per heavy atom. The number of hydrogen-bond donors (Lipinski definition) is 1. The number of benzene rings is 2. The van der Waals surface area contributed by atoms with Crippen LogP contribution < -0.4 is 5.32 Å². The van der Waals surface area contributed by atoms with Crippen LogP contribution in [0.25, 0.3) is 0 Å². The molecule has 0 bridgehead atoms. The Morgan fingerprint density at radius 1 is 1.23 bits per heavy atom. The van der Waals surface area contributed by atoms with E-state index in [1.54, 1.807) is 23.1 Å². The van der Waals surface area contributed by atoms with Gasteiger partial charge in [-0.2, -0.15) is 5.26 Å². The Bertz CT molecular complexity index is 1130. The van der Waals surface area contributed by atoms with Crippen molar-refractivity contribution in [3.05, 3.63) is 81.2 Å². The van der Waals surface area contributed by atoms with Gasteiger partial charge in [0.1, 0.15) is 11.1 Å². The van der Waals surface area contributed by atoms with E-state index in [-0.39, 0.29) is 5.91 Å². The molecule has 3 aromatic rings. The largest absolute Gasteiger partial charge is 0.316 e. The Labute approximate surface area is 191 Å². The molecule has 0 aliphatic carbocycles. The highest BCUT2D eigenvalue weighted by Gasteiger charge is 2.25. The van der Waals surface area contributed by atoms with Crippen molar-refractivity contribution in [3.63, 3.8) is 0 Å². The first-order chi connectivity index (χ1) is 15.1. The maximum atomic E-state index is 12.6. The Balaban J connectivity index is 1.45. The first-order valence-electron chi connectivity index (χ1n) is 10.3. The first-order valence-corrected chi connectivity index (χ1v) is 12.3. The molecule has 4 nitrogen and oxygen atoms in total. The van der Waals surface area contributed by atoms with Gasteiger partial charge < -0.3 is 5.32 Å². The molecule has 1 aliphatic rings. The van der Waals surface area contributed by atoms with Gasteiger partial charge in [-0.15, -0.1) is 23.1 Å². The number of anilines is 1. The van der Waals surface area contributed by atoms with E-state index in [0.717, 1.165) is 37.2 Å². The normalized spacial score (nSPS) is 13.5. The molecule has 0 fully saturated rings. The molecule has 0 saturated carbocycles. The molecule has 0 saturated heterocycles. The summed E-state index contributed by atoms with van der Waals surface area (Å²) in [6.45, 7) is 4.74. The molecular formula is C25H25N3OS2. The number of aryl methyl sites for hydroxylation is 1. The number of carbonyl (C=O) groups excluding carboxylic acids is 1. The van der Waals surface area contributed by atoms with Crippen molar-refractivity contribution in [2.24, 2.45) is 0 Å². The van der Waals surface area contributed by atoms with Crippen LogP contribution in [0.5, 0.6) is 0 Å². The number of hydrogen-bond acceptors (Lipinski definition) is 5. The number of nitriles is 1. The first kappa shape index (κ1) is 21.6. The number of fused-ring (bicyclic) bond motifs is 1. The number of thioether (sulfide) groups is 1. The minimum absolute atomic E-state index is 0.0800. The lowest BCUT2D eigenvalue weighted by molar-refractivity contribution is -0.115. The molecule has 0 atom stereocenters. The van der Waals surface area contributed by atoms with Crippen LogP contribution in [0.3, 0.4) is 0 Å². The van der Waals surface area contributed by atoms with Crippen molar-refractivity contribution < 1.29 is 4.79 Å². The van der Waals surface area contributed by atoms with Crippen LogP contribution in [0.4, 0.5) is 5.00 Å². The highest BCUT2D eigenvalue weighted by molar-refractivity contribution is 7.98. The van der Waals surface area contributed by atoms with Crippen molar-refractivity contribution >= 4 is 34.0 Å². The van der Waals surface area contributed by atoms with Gasteiger partial charge in [0.15, 0.2) is 0 Å². The van der Waals surface area contributed by atoms with Gasteiger partial charge in [0.2, 0.25) is 5.91 Å². The summed E-state index contributed by atoms with van der Waals surface area (Å²) >= 11 is 3.23. The third kappa shape index (κ3) is 5.19. The van der Waals surface area contributed by atoms with Crippen LogP contribution in [-0.4, -0.2) is 23.6 Å². The summed E-state index contributed by atoms with van der Waals surface area (Å²) in [7, 11) is 0. The van der Waals surface area contributed by atoms with Crippen molar-refractivity contribution in [2.75, 3.05) is 18.1 Å². The van der Waals surface area contributed by atoms with Gasteiger partial charge in [-0.25, -0.2) is 0 Å². The molecule has 4 rings (SSSR count). The molecule has 0 spiro atoms. The molecule has 1 amide bonds. The quantitative estimate of drug-likeness (QED) is 0.515. The maximum Gasteiger partial charge on any atom is 0.229 e. The second-order valence-electron chi connectivity index (χ2n) is 7.84.